The van der Waals surface area contributed by atoms with Gasteiger partial charge < -0.3 is 10.4 Å². The van der Waals surface area contributed by atoms with Crippen LogP contribution in [0.1, 0.15) is 49.0 Å². The molecule has 3 N–H and O–H groups in total. The van der Waals surface area contributed by atoms with Gasteiger partial charge in [0.15, 0.2) is 0 Å². The average Bonchev–Trinajstić information content (AvgIpc) is 2.59. The molecule has 2 aromatic rings. The molecule has 0 aliphatic rings. The molecule has 0 radical (unpaired) electrons. The number of nitrogens with zero attached hydrogens (tertiary/aromatic N) is 1. The van der Waals surface area contributed by atoms with E-state index < -0.39 is 5.91 Å². The minimum Gasteiger partial charge on any atom is -0.508 e. The maximum Gasteiger partial charge on any atom is 0.271 e. The number of para-hydroxylation sites is 1. The number of phenolic OH excluding ortho intramolecular Hbond substituents is 1. The Morgan fingerprint density at radius 1 is 1.12 bits per heavy atom. The van der Waals surface area contributed by atoms with Crippen LogP contribution in [0.15, 0.2) is 53.6 Å². The highest BCUT2D eigenvalue weighted by atomic mass is 16.3. The molecule has 2 rings (SSSR count). The van der Waals surface area contributed by atoms with Gasteiger partial charge in [0.05, 0.1) is 6.42 Å². The van der Waals surface area contributed by atoms with Gasteiger partial charge in [-0.05, 0) is 42.7 Å². The number of anilines is 1. The van der Waals surface area contributed by atoms with E-state index in [1.54, 1.807) is 19.1 Å². The van der Waals surface area contributed by atoms with Crippen LogP contribution in [0.25, 0.3) is 0 Å². The lowest BCUT2D eigenvalue weighted by Gasteiger charge is -2.13. The van der Waals surface area contributed by atoms with Crippen LogP contribution in [-0.4, -0.2) is 22.6 Å². The molecule has 0 bridgehead atoms. The summed E-state index contributed by atoms with van der Waals surface area (Å²) in [5.41, 5.74) is 4.99. The van der Waals surface area contributed by atoms with E-state index in [0.717, 1.165) is 11.3 Å². The molecule has 2 aromatic carbocycles. The van der Waals surface area contributed by atoms with Crippen molar-refractivity contribution in [2.45, 2.75) is 33.1 Å². The maximum atomic E-state index is 12.2. The normalized spacial score (nSPS) is 11.3. The molecule has 6 nitrogen and oxygen atoms in total. The molecule has 6 heteroatoms. The maximum absolute atomic E-state index is 12.2. The Kier molecular flexibility index (Phi) is 6.49. The van der Waals surface area contributed by atoms with E-state index in [0.29, 0.717) is 11.6 Å². The molecular weight excluding hydrogens is 330 g/mol. The fourth-order valence-electron chi connectivity index (χ4n) is 2.44. The number of carbonyl (C=O) groups excluding carboxylic acids is 2. The predicted octanol–water partition coefficient (Wildman–Crippen LogP) is 3.65. The number of phenols is 1. The van der Waals surface area contributed by atoms with Crippen LogP contribution in [-0.2, 0) is 4.79 Å². The van der Waals surface area contributed by atoms with Gasteiger partial charge in [-0.3, -0.25) is 9.59 Å². The van der Waals surface area contributed by atoms with Crippen molar-refractivity contribution in [3.05, 3.63) is 59.7 Å². The molecule has 136 valence electrons. The van der Waals surface area contributed by atoms with Gasteiger partial charge in [-0.25, -0.2) is 5.43 Å². The Hall–Kier alpha value is -3.15. The second-order valence-corrected chi connectivity index (χ2v) is 6.31. The van der Waals surface area contributed by atoms with Crippen LogP contribution in [0.4, 0.5) is 5.69 Å². The molecule has 0 spiro atoms. The predicted molar refractivity (Wildman–Crippen MR) is 102 cm³/mol. The largest absolute Gasteiger partial charge is 0.508 e. The van der Waals surface area contributed by atoms with E-state index in [9.17, 15) is 14.7 Å². The molecular formula is C20H23N3O3. The third-order valence-electron chi connectivity index (χ3n) is 3.73. The van der Waals surface area contributed by atoms with Gasteiger partial charge in [0.25, 0.3) is 5.91 Å². The molecule has 0 atom stereocenters. The Morgan fingerprint density at radius 3 is 2.54 bits per heavy atom. The van der Waals surface area contributed by atoms with Gasteiger partial charge in [0, 0.05) is 17.0 Å². The lowest BCUT2D eigenvalue weighted by molar-refractivity contribution is -0.115. The average molecular weight is 353 g/mol. The SMILES string of the molecule is C/C(CC(=O)Nc1ccccc1C(C)C)=N\NC(=O)c1cccc(O)c1. The van der Waals surface area contributed by atoms with Crippen LogP contribution >= 0.6 is 0 Å². The van der Waals surface area contributed by atoms with E-state index in [1.807, 2.05) is 24.3 Å². The number of hydrazone groups is 1. The second kappa shape index (κ2) is 8.80. The number of rotatable bonds is 6. The van der Waals surface area contributed by atoms with E-state index in [2.05, 4.69) is 29.7 Å². The smallest absolute Gasteiger partial charge is 0.271 e. The number of carbonyl (C=O) groups is 2. The zero-order chi connectivity index (χ0) is 19.1. The van der Waals surface area contributed by atoms with Crippen molar-refractivity contribution in [2.24, 2.45) is 5.10 Å². The van der Waals surface area contributed by atoms with Crippen LogP contribution in [0.2, 0.25) is 0 Å². The van der Waals surface area contributed by atoms with Crippen LogP contribution in [0.5, 0.6) is 5.75 Å². The van der Waals surface area contributed by atoms with Gasteiger partial charge in [0.2, 0.25) is 5.91 Å². The summed E-state index contributed by atoms with van der Waals surface area (Å²) in [5, 5.41) is 16.2. The standard InChI is InChI=1S/C20H23N3O3/c1-13(2)17-9-4-5-10-18(17)21-19(25)11-14(3)22-23-20(26)15-7-6-8-16(24)12-15/h4-10,12-13,24H,11H2,1-3H3,(H,21,25)(H,23,26)/b22-14+. The van der Waals surface area contributed by atoms with Gasteiger partial charge in [0.1, 0.15) is 5.75 Å². The molecule has 0 saturated heterocycles. The summed E-state index contributed by atoms with van der Waals surface area (Å²) >= 11 is 0. The van der Waals surface area contributed by atoms with E-state index in [-0.39, 0.29) is 23.6 Å². The minimum absolute atomic E-state index is 0.00143. The van der Waals surface area contributed by atoms with E-state index in [1.165, 1.54) is 12.1 Å². The fourth-order valence-corrected chi connectivity index (χ4v) is 2.44. The minimum atomic E-state index is -0.453. The highest BCUT2D eigenvalue weighted by Gasteiger charge is 2.11. The van der Waals surface area contributed by atoms with Gasteiger partial charge in [-0.2, -0.15) is 5.10 Å². The summed E-state index contributed by atoms with van der Waals surface area (Å²) in [6, 6.07) is 13.6. The lowest BCUT2D eigenvalue weighted by Crippen LogP contribution is -2.21. The Bertz CT molecular complexity index is 829. The zero-order valence-corrected chi connectivity index (χ0v) is 15.1. The summed E-state index contributed by atoms with van der Waals surface area (Å²) in [7, 11) is 0. The molecule has 0 fully saturated rings. The number of benzene rings is 2. The van der Waals surface area contributed by atoms with Crippen molar-refractivity contribution in [1.82, 2.24) is 5.43 Å². The second-order valence-electron chi connectivity index (χ2n) is 6.31. The monoisotopic (exact) mass is 353 g/mol. The summed E-state index contributed by atoms with van der Waals surface area (Å²) < 4.78 is 0. The summed E-state index contributed by atoms with van der Waals surface area (Å²) in [6.07, 6.45) is 0.0623. The molecule has 0 aliphatic heterocycles. The first-order valence-corrected chi connectivity index (χ1v) is 8.38. The van der Waals surface area contributed by atoms with Gasteiger partial charge in [-0.1, -0.05) is 38.1 Å². The summed E-state index contributed by atoms with van der Waals surface area (Å²) in [4.78, 5) is 24.2. The molecule has 0 saturated carbocycles. The van der Waals surface area contributed by atoms with Gasteiger partial charge >= 0.3 is 0 Å². The fraction of sp³-hybridized carbons (Fsp3) is 0.250. The third-order valence-corrected chi connectivity index (χ3v) is 3.73. The molecule has 0 aromatic heterocycles. The van der Waals surface area contributed by atoms with Crippen molar-refractivity contribution in [3.8, 4) is 5.75 Å². The molecule has 0 heterocycles. The van der Waals surface area contributed by atoms with Gasteiger partial charge in [-0.15, -0.1) is 0 Å². The van der Waals surface area contributed by atoms with Crippen LogP contribution in [0.3, 0.4) is 0 Å². The molecule has 2 amide bonds. The number of aromatic hydroxyl groups is 1. The number of nitrogens with one attached hydrogen (secondary N) is 2. The lowest BCUT2D eigenvalue weighted by atomic mass is 10.0. The first-order chi connectivity index (χ1) is 12.4. The first-order valence-electron chi connectivity index (χ1n) is 8.38. The van der Waals surface area contributed by atoms with Crippen molar-refractivity contribution >= 4 is 23.2 Å². The third kappa shape index (κ3) is 5.44. The Morgan fingerprint density at radius 2 is 1.85 bits per heavy atom. The van der Waals surface area contributed by atoms with E-state index in [4.69, 9.17) is 0 Å². The number of hydrogen-bond donors (Lipinski definition) is 3. The number of amides is 2. The zero-order valence-electron chi connectivity index (χ0n) is 15.1. The van der Waals surface area contributed by atoms with Crippen LogP contribution < -0.4 is 10.7 Å². The topological polar surface area (TPSA) is 90.8 Å². The molecule has 0 unspecified atom stereocenters. The first kappa shape index (κ1) is 19.2. The highest BCUT2D eigenvalue weighted by molar-refractivity contribution is 6.06. The molecule has 0 aliphatic carbocycles. The summed E-state index contributed by atoms with van der Waals surface area (Å²) in [5.74, 6) is -0.360. The Balaban J connectivity index is 1.94. The molecule has 26 heavy (non-hydrogen) atoms. The highest BCUT2D eigenvalue weighted by Crippen LogP contribution is 2.23. The van der Waals surface area contributed by atoms with Crippen molar-refractivity contribution in [1.29, 1.82) is 0 Å². The van der Waals surface area contributed by atoms with Crippen molar-refractivity contribution in [2.75, 3.05) is 5.32 Å². The van der Waals surface area contributed by atoms with E-state index >= 15 is 0 Å². The number of hydrogen-bond acceptors (Lipinski definition) is 4. The van der Waals surface area contributed by atoms with Crippen molar-refractivity contribution in [3.63, 3.8) is 0 Å². The van der Waals surface area contributed by atoms with Crippen molar-refractivity contribution < 1.29 is 14.7 Å². The Labute approximate surface area is 152 Å². The summed E-state index contributed by atoms with van der Waals surface area (Å²) in [6.45, 7) is 5.79. The quantitative estimate of drug-likeness (QED) is 0.547. The van der Waals surface area contributed by atoms with Crippen LogP contribution in [0, 0.1) is 0 Å².